The normalized spacial score (nSPS) is 10.9. The molecule has 1 heterocycles. The molecule has 0 spiro atoms. The molecule has 0 radical (unpaired) electrons. The molecular weight excluding hydrogens is 356 g/mol. The molecule has 0 saturated heterocycles. The highest BCUT2D eigenvalue weighted by Crippen LogP contribution is 2.28. The summed E-state index contributed by atoms with van der Waals surface area (Å²) in [5.41, 5.74) is 3.49. The molecule has 4 aromatic rings. The van der Waals surface area contributed by atoms with Gasteiger partial charge >= 0.3 is 0 Å². The van der Waals surface area contributed by atoms with Crippen LogP contribution in [0.3, 0.4) is 0 Å². The lowest BCUT2D eigenvalue weighted by molar-refractivity contribution is 0.0977. The van der Waals surface area contributed by atoms with E-state index < -0.39 is 0 Å². The summed E-state index contributed by atoms with van der Waals surface area (Å²) in [6, 6.07) is 27.3. The minimum absolute atomic E-state index is 0.0557. The van der Waals surface area contributed by atoms with Crippen molar-refractivity contribution in [2.24, 2.45) is 7.05 Å². The van der Waals surface area contributed by atoms with Crippen molar-refractivity contribution in [2.45, 2.75) is 6.54 Å². The molecule has 0 unspecified atom stereocenters. The summed E-state index contributed by atoms with van der Waals surface area (Å²) in [6.45, 7) is 0.499. The van der Waals surface area contributed by atoms with Crippen LogP contribution >= 0.6 is 11.6 Å². The zero-order chi connectivity index (χ0) is 18.8. The smallest absolute Gasteiger partial charge is 0.275 e. The first-order valence-electron chi connectivity index (χ1n) is 8.80. The Morgan fingerprint density at radius 1 is 0.926 bits per heavy atom. The second-order valence-corrected chi connectivity index (χ2v) is 6.88. The van der Waals surface area contributed by atoms with Crippen molar-refractivity contribution < 1.29 is 4.79 Å². The number of anilines is 1. The average Bonchev–Trinajstić information content (AvgIpc) is 3.05. The van der Waals surface area contributed by atoms with E-state index in [9.17, 15) is 4.79 Å². The van der Waals surface area contributed by atoms with Crippen LogP contribution in [0.2, 0.25) is 5.02 Å². The highest BCUT2D eigenvalue weighted by atomic mass is 35.5. The molecule has 0 bridgehead atoms. The molecule has 3 aromatic carbocycles. The number of hydrogen-bond acceptors (Lipinski definition) is 1. The minimum atomic E-state index is -0.0557. The van der Waals surface area contributed by atoms with Crippen molar-refractivity contribution in [2.75, 3.05) is 4.90 Å². The van der Waals surface area contributed by atoms with E-state index in [1.165, 1.54) is 0 Å². The quantitative estimate of drug-likeness (QED) is 0.451. The first kappa shape index (κ1) is 17.4. The molecule has 1 amide bonds. The van der Waals surface area contributed by atoms with Gasteiger partial charge in [0.25, 0.3) is 5.91 Å². The van der Waals surface area contributed by atoms with Crippen LogP contribution in [0, 0.1) is 0 Å². The maximum Gasteiger partial charge on any atom is 0.275 e. The summed E-state index contributed by atoms with van der Waals surface area (Å²) in [4.78, 5) is 15.3. The summed E-state index contributed by atoms with van der Waals surface area (Å²) in [7, 11) is 1.90. The number of para-hydroxylation sites is 1. The molecule has 0 N–H and O–H groups in total. The third-order valence-corrected chi connectivity index (χ3v) is 5.08. The van der Waals surface area contributed by atoms with Gasteiger partial charge < -0.3 is 9.47 Å². The van der Waals surface area contributed by atoms with Gasteiger partial charge in [-0.25, -0.2) is 0 Å². The second-order valence-electron chi connectivity index (χ2n) is 6.47. The standard InChI is InChI=1S/C23H19ClN2O/c1-25-21-14-8-13-20(24)19(21)15-22(25)23(27)26(18-11-6-3-7-12-18)16-17-9-4-2-5-10-17/h2-15H,16H2,1H3. The fourth-order valence-electron chi connectivity index (χ4n) is 3.32. The second kappa shape index (κ2) is 7.29. The van der Waals surface area contributed by atoms with E-state index in [-0.39, 0.29) is 5.91 Å². The lowest BCUT2D eigenvalue weighted by atomic mass is 10.1. The van der Waals surface area contributed by atoms with Crippen LogP contribution < -0.4 is 4.90 Å². The first-order chi connectivity index (χ1) is 13.1. The van der Waals surface area contributed by atoms with Crippen molar-refractivity contribution in [3.63, 3.8) is 0 Å². The maximum atomic E-state index is 13.5. The van der Waals surface area contributed by atoms with Crippen LogP contribution in [0.4, 0.5) is 5.69 Å². The molecule has 27 heavy (non-hydrogen) atoms. The number of carbonyl (C=O) groups excluding carboxylic acids is 1. The molecule has 0 aliphatic heterocycles. The number of aryl methyl sites for hydroxylation is 1. The van der Waals surface area contributed by atoms with Gasteiger partial charge in [0.1, 0.15) is 5.69 Å². The predicted octanol–water partition coefficient (Wildman–Crippen LogP) is 5.68. The number of aromatic nitrogens is 1. The number of rotatable bonds is 4. The Kier molecular flexibility index (Phi) is 4.69. The van der Waals surface area contributed by atoms with E-state index in [1.807, 2.05) is 96.5 Å². The highest BCUT2D eigenvalue weighted by molar-refractivity contribution is 6.35. The van der Waals surface area contributed by atoms with E-state index in [2.05, 4.69) is 0 Å². The summed E-state index contributed by atoms with van der Waals surface area (Å²) in [5.74, 6) is -0.0557. The van der Waals surface area contributed by atoms with Gasteiger partial charge in [0.2, 0.25) is 0 Å². The van der Waals surface area contributed by atoms with Gasteiger partial charge in [-0.2, -0.15) is 0 Å². The first-order valence-corrected chi connectivity index (χ1v) is 9.18. The number of benzene rings is 3. The number of hydrogen-bond donors (Lipinski definition) is 0. The Bertz CT molecular complexity index is 1090. The highest BCUT2D eigenvalue weighted by Gasteiger charge is 2.22. The van der Waals surface area contributed by atoms with Gasteiger partial charge in [-0.3, -0.25) is 4.79 Å². The average molecular weight is 375 g/mol. The molecule has 0 aliphatic carbocycles. The molecule has 134 valence electrons. The predicted molar refractivity (Wildman–Crippen MR) is 111 cm³/mol. The Hall–Kier alpha value is -3.04. The minimum Gasteiger partial charge on any atom is -0.340 e. The van der Waals surface area contributed by atoms with Gasteiger partial charge in [-0.05, 0) is 35.9 Å². The Balaban J connectivity index is 1.79. The Morgan fingerprint density at radius 2 is 1.59 bits per heavy atom. The largest absolute Gasteiger partial charge is 0.340 e. The van der Waals surface area contributed by atoms with Crippen molar-refractivity contribution in [3.8, 4) is 0 Å². The van der Waals surface area contributed by atoms with Gasteiger partial charge in [0.05, 0.1) is 6.54 Å². The summed E-state index contributed by atoms with van der Waals surface area (Å²) < 4.78 is 1.91. The monoisotopic (exact) mass is 374 g/mol. The van der Waals surface area contributed by atoms with E-state index in [0.29, 0.717) is 17.3 Å². The van der Waals surface area contributed by atoms with Crippen LogP contribution in [0.15, 0.2) is 84.9 Å². The van der Waals surface area contributed by atoms with Gasteiger partial charge in [0, 0.05) is 28.7 Å². The topological polar surface area (TPSA) is 25.2 Å². The lowest BCUT2D eigenvalue weighted by Gasteiger charge is -2.23. The summed E-state index contributed by atoms with van der Waals surface area (Å²) >= 11 is 6.34. The molecule has 0 atom stereocenters. The Morgan fingerprint density at radius 3 is 2.26 bits per heavy atom. The summed E-state index contributed by atoms with van der Waals surface area (Å²) in [6.07, 6.45) is 0. The van der Waals surface area contributed by atoms with Crippen molar-refractivity contribution >= 4 is 34.1 Å². The fraction of sp³-hybridized carbons (Fsp3) is 0.0870. The van der Waals surface area contributed by atoms with Crippen molar-refractivity contribution in [1.29, 1.82) is 0 Å². The van der Waals surface area contributed by atoms with E-state index >= 15 is 0 Å². The van der Waals surface area contributed by atoms with Crippen LogP contribution in [0.1, 0.15) is 16.1 Å². The molecule has 1 aromatic heterocycles. The molecule has 4 rings (SSSR count). The third kappa shape index (κ3) is 3.34. The molecular formula is C23H19ClN2O. The number of halogens is 1. The zero-order valence-corrected chi connectivity index (χ0v) is 15.7. The molecule has 3 nitrogen and oxygen atoms in total. The number of nitrogens with zero attached hydrogens (tertiary/aromatic N) is 2. The molecule has 4 heteroatoms. The van der Waals surface area contributed by atoms with Crippen molar-refractivity contribution in [1.82, 2.24) is 4.57 Å². The van der Waals surface area contributed by atoms with E-state index in [4.69, 9.17) is 11.6 Å². The van der Waals surface area contributed by atoms with Crippen molar-refractivity contribution in [3.05, 3.63) is 101 Å². The van der Waals surface area contributed by atoms with Crippen LogP contribution in [0.25, 0.3) is 10.9 Å². The third-order valence-electron chi connectivity index (χ3n) is 4.75. The number of fused-ring (bicyclic) bond motifs is 1. The van der Waals surface area contributed by atoms with Crippen LogP contribution in [-0.2, 0) is 13.6 Å². The maximum absolute atomic E-state index is 13.5. The molecule has 0 fully saturated rings. The molecule has 0 saturated carbocycles. The van der Waals surface area contributed by atoms with Gasteiger partial charge in [0.15, 0.2) is 0 Å². The number of amides is 1. The SMILES string of the molecule is Cn1c(C(=O)N(Cc2ccccc2)c2ccccc2)cc2c(Cl)cccc21. The van der Waals surface area contributed by atoms with Gasteiger partial charge in [-0.1, -0.05) is 66.2 Å². The number of carbonyl (C=O) groups is 1. The fourth-order valence-corrected chi connectivity index (χ4v) is 3.55. The van der Waals surface area contributed by atoms with Crippen LogP contribution in [-0.4, -0.2) is 10.5 Å². The van der Waals surface area contributed by atoms with E-state index in [1.54, 1.807) is 4.90 Å². The summed E-state index contributed by atoms with van der Waals surface area (Å²) in [5, 5.41) is 1.54. The van der Waals surface area contributed by atoms with E-state index in [0.717, 1.165) is 22.2 Å². The Labute approximate surface area is 163 Å². The molecule has 0 aliphatic rings. The lowest BCUT2D eigenvalue weighted by Crippen LogP contribution is -2.31. The zero-order valence-electron chi connectivity index (χ0n) is 15.0. The van der Waals surface area contributed by atoms with Crippen LogP contribution in [0.5, 0.6) is 0 Å². The van der Waals surface area contributed by atoms with Gasteiger partial charge in [-0.15, -0.1) is 0 Å².